The number of hydrazine groups is 1. The van der Waals surface area contributed by atoms with E-state index < -0.39 is 22.2 Å². The van der Waals surface area contributed by atoms with Crippen molar-refractivity contribution in [3.63, 3.8) is 0 Å². The molecule has 2 amide bonds. The van der Waals surface area contributed by atoms with Crippen molar-refractivity contribution in [1.82, 2.24) is 10.9 Å². The third-order valence-electron chi connectivity index (χ3n) is 6.78. The lowest BCUT2D eigenvalue weighted by Crippen LogP contribution is -2.52. The van der Waals surface area contributed by atoms with Gasteiger partial charge in [0.1, 0.15) is 11.5 Å². The summed E-state index contributed by atoms with van der Waals surface area (Å²) < 4.78 is 5.16. The van der Waals surface area contributed by atoms with Gasteiger partial charge in [0.2, 0.25) is 5.91 Å². The van der Waals surface area contributed by atoms with E-state index in [9.17, 15) is 14.4 Å². The topological polar surface area (TPSA) is 84.5 Å². The molecule has 6 nitrogen and oxygen atoms in total. The first-order valence-corrected chi connectivity index (χ1v) is 8.47. The van der Waals surface area contributed by atoms with Gasteiger partial charge in [0, 0.05) is 11.8 Å². The van der Waals surface area contributed by atoms with Gasteiger partial charge < -0.3 is 4.74 Å². The number of nitrogens with one attached hydrogen (secondary N) is 2. The number of fused-ring (bicyclic) bond motifs is 2. The molecule has 0 aliphatic heterocycles. The van der Waals surface area contributed by atoms with E-state index in [2.05, 4.69) is 10.9 Å². The number of amides is 2. The van der Waals surface area contributed by atoms with Crippen LogP contribution in [0.1, 0.15) is 50.4 Å². The summed E-state index contributed by atoms with van der Waals surface area (Å²) >= 11 is 0. The highest BCUT2D eigenvalue weighted by molar-refractivity contribution is 6.01. The van der Waals surface area contributed by atoms with Crippen LogP contribution in [0.5, 0.6) is 5.75 Å². The third kappa shape index (κ3) is 2.19. The molecule has 2 unspecified atom stereocenters. The lowest BCUT2D eigenvalue weighted by Gasteiger charge is -2.38. The Morgan fingerprint density at radius 2 is 1.76 bits per heavy atom. The van der Waals surface area contributed by atoms with Crippen LogP contribution in [0.2, 0.25) is 0 Å². The lowest BCUT2D eigenvalue weighted by molar-refractivity contribution is -0.137. The summed E-state index contributed by atoms with van der Waals surface area (Å²) in [6.07, 6.45) is 1.58. The van der Waals surface area contributed by atoms with Crippen molar-refractivity contribution in [1.29, 1.82) is 0 Å². The molecule has 0 spiro atoms. The molecule has 2 aliphatic carbocycles. The van der Waals surface area contributed by atoms with Gasteiger partial charge in [-0.25, -0.2) is 0 Å². The number of ether oxygens (including phenoxy) is 1. The molecule has 25 heavy (non-hydrogen) atoms. The van der Waals surface area contributed by atoms with Gasteiger partial charge in [0.15, 0.2) is 0 Å². The maximum atomic E-state index is 12.9. The Morgan fingerprint density at radius 1 is 1.08 bits per heavy atom. The molecule has 2 saturated carbocycles. The molecular weight excluding hydrogens is 320 g/mol. The van der Waals surface area contributed by atoms with Crippen LogP contribution in [0.4, 0.5) is 0 Å². The van der Waals surface area contributed by atoms with Gasteiger partial charge in [-0.15, -0.1) is 0 Å². The van der Waals surface area contributed by atoms with Crippen LogP contribution in [-0.4, -0.2) is 24.7 Å². The average molecular weight is 344 g/mol. The second-order valence-corrected chi connectivity index (χ2v) is 7.75. The standard InChI is InChI=1S/C19H24N2O4/c1-17(2)18(3)9-10-19(17,11-14(18)22)16(24)21-20-15(23)12-7-5-6-8-13(12)25-4/h5-8H,9-11H2,1-4H3,(H,20,23)(H,21,24). The molecule has 1 aromatic carbocycles. The molecular formula is C19H24N2O4. The quantitative estimate of drug-likeness (QED) is 0.824. The molecule has 2 N–H and O–H groups in total. The monoisotopic (exact) mass is 344 g/mol. The number of ketones is 1. The minimum Gasteiger partial charge on any atom is -0.496 e. The largest absolute Gasteiger partial charge is 0.496 e. The maximum Gasteiger partial charge on any atom is 0.273 e. The van der Waals surface area contributed by atoms with Gasteiger partial charge in [-0.1, -0.05) is 32.9 Å². The zero-order valence-electron chi connectivity index (χ0n) is 15.1. The second-order valence-electron chi connectivity index (χ2n) is 7.75. The normalized spacial score (nSPS) is 29.4. The number of rotatable bonds is 3. The van der Waals surface area contributed by atoms with Crippen LogP contribution in [0.3, 0.4) is 0 Å². The maximum absolute atomic E-state index is 12.9. The molecule has 3 rings (SSSR count). The van der Waals surface area contributed by atoms with E-state index in [4.69, 9.17) is 4.74 Å². The molecule has 2 fully saturated rings. The van der Waals surface area contributed by atoms with Crippen molar-refractivity contribution >= 4 is 17.6 Å². The predicted octanol–water partition coefficient (Wildman–Crippen LogP) is 2.24. The smallest absolute Gasteiger partial charge is 0.273 e. The first-order chi connectivity index (χ1) is 11.7. The molecule has 2 aliphatic rings. The van der Waals surface area contributed by atoms with Gasteiger partial charge in [0.05, 0.1) is 18.1 Å². The van der Waals surface area contributed by atoms with Crippen molar-refractivity contribution < 1.29 is 19.1 Å². The first kappa shape index (κ1) is 17.5. The van der Waals surface area contributed by atoms with Crippen LogP contribution >= 0.6 is 0 Å². The van der Waals surface area contributed by atoms with Crippen LogP contribution in [0, 0.1) is 16.2 Å². The Hall–Kier alpha value is -2.37. The highest BCUT2D eigenvalue weighted by Crippen LogP contribution is 2.70. The summed E-state index contributed by atoms with van der Waals surface area (Å²) in [6.45, 7) is 5.91. The predicted molar refractivity (Wildman–Crippen MR) is 91.8 cm³/mol. The van der Waals surface area contributed by atoms with E-state index in [0.29, 0.717) is 24.2 Å². The van der Waals surface area contributed by atoms with Crippen LogP contribution in [0.15, 0.2) is 24.3 Å². The highest BCUT2D eigenvalue weighted by Gasteiger charge is 2.72. The van der Waals surface area contributed by atoms with Crippen LogP contribution in [0.25, 0.3) is 0 Å². The van der Waals surface area contributed by atoms with E-state index in [1.54, 1.807) is 24.3 Å². The van der Waals surface area contributed by atoms with E-state index >= 15 is 0 Å². The molecule has 0 saturated heterocycles. The summed E-state index contributed by atoms with van der Waals surface area (Å²) in [5.41, 5.74) is 3.64. The SMILES string of the molecule is COc1ccccc1C(=O)NNC(=O)C12CCC(C)(C(=O)C1)C2(C)C. The Kier molecular flexibility index (Phi) is 3.89. The number of hydrogen-bond acceptors (Lipinski definition) is 4. The minimum atomic E-state index is -0.771. The second kappa shape index (κ2) is 5.58. The molecule has 1 aromatic rings. The first-order valence-electron chi connectivity index (χ1n) is 8.47. The molecule has 2 atom stereocenters. The fraction of sp³-hybridized carbons (Fsp3) is 0.526. The van der Waals surface area contributed by atoms with Crippen molar-refractivity contribution in [2.45, 2.75) is 40.0 Å². The Labute approximate surface area is 147 Å². The van der Waals surface area contributed by atoms with Crippen LogP contribution in [-0.2, 0) is 9.59 Å². The van der Waals surface area contributed by atoms with Gasteiger partial charge in [-0.3, -0.25) is 25.2 Å². The zero-order valence-corrected chi connectivity index (χ0v) is 15.1. The number of carbonyl (C=O) groups is 3. The van der Waals surface area contributed by atoms with Gasteiger partial charge in [-0.05, 0) is 30.4 Å². The molecule has 2 bridgehead atoms. The summed E-state index contributed by atoms with van der Waals surface area (Å²) in [5, 5.41) is 0. The van der Waals surface area contributed by atoms with Crippen molar-refractivity contribution in [2.24, 2.45) is 16.2 Å². The fourth-order valence-corrected chi connectivity index (χ4v) is 4.49. The Bertz CT molecular complexity index is 758. The Balaban J connectivity index is 1.76. The van der Waals surface area contributed by atoms with Gasteiger partial charge >= 0.3 is 0 Å². The Morgan fingerprint density at radius 3 is 2.32 bits per heavy atom. The van der Waals surface area contributed by atoms with Crippen LogP contribution < -0.4 is 15.6 Å². The van der Waals surface area contributed by atoms with E-state index in [-0.39, 0.29) is 18.1 Å². The van der Waals surface area contributed by atoms with Gasteiger partial charge in [0.25, 0.3) is 5.91 Å². The molecule has 0 aromatic heterocycles. The van der Waals surface area contributed by atoms with E-state index in [1.807, 2.05) is 20.8 Å². The lowest BCUT2D eigenvalue weighted by atomic mass is 9.64. The number of benzene rings is 1. The summed E-state index contributed by atoms with van der Waals surface area (Å²) in [6, 6.07) is 6.78. The highest BCUT2D eigenvalue weighted by atomic mass is 16.5. The van der Waals surface area contributed by atoms with Crippen molar-refractivity contribution in [3.8, 4) is 5.75 Å². The molecule has 0 radical (unpaired) electrons. The number of methoxy groups -OCH3 is 1. The fourth-order valence-electron chi connectivity index (χ4n) is 4.49. The third-order valence-corrected chi connectivity index (χ3v) is 6.78. The van der Waals surface area contributed by atoms with E-state index in [0.717, 1.165) is 0 Å². The molecule has 0 heterocycles. The summed E-state index contributed by atoms with van der Waals surface area (Å²) in [7, 11) is 1.48. The number of para-hydroxylation sites is 1. The number of hydrogen-bond donors (Lipinski definition) is 2. The zero-order chi connectivity index (χ0) is 18.5. The summed E-state index contributed by atoms with van der Waals surface area (Å²) in [5.74, 6) is -0.187. The van der Waals surface area contributed by atoms with Crippen molar-refractivity contribution in [3.05, 3.63) is 29.8 Å². The number of carbonyl (C=O) groups excluding carboxylic acids is 3. The number of Topliss-reactive ketones (excluding diaryl/α,β-unsaturated/α-hetero) is 1. The minimum absolute atomic E-state index is 0.134. The molecule has 134 valence electrons. The average Bonchev–Trinajstić information content (AvgIpc) is 2.89. The summed E-state index contributed by atoms with van der Waals surface area (Å²) in [4.78, 5) is 37.7. The van der Waals surface area contributed by atoms with Gasteiger partial charge in [-0.2, -0.15) is 0 Å². The van der Waals surface area contributed by atoms with E-state index in [1.165, 1.54) is 7.11 Å². The molecule has 6 heteroatoms. The van der Waals surface area contributed by atoms with Crippen molar-refractivity contribution in [2.75, 3.05) is 7.11 Å².